The number of rotatable bonds is 6. The second-order valence-electron chi connectivity index (χ2n) is 9.16. The summed E-state index contributed by atoms with van der Waals surface area (Å²) in [5, 5.41) is 4.87. The van der Waals surface area contributed by atoms with Crippen LogP contribution in [0.2, 0.25) is 0 Å². The van der Waals surface area contributed by atoms with E-state index in [2.05, 4.69) is 22.0 Å². The lowest BCUT2D eigenvalue weighted by Crippen LogP contribution is -2.41. The molecular weight excluding hydrogens is 434 g/mol. The maximum absolute atomic E-state index is 13.4. The summed E-state index contributed by atoms with van der Waals surface area (Å²) in [5.74, 6) is -0.617. The highest BCUT2D eigenvalue weighted by Crippen LogP contribution is 2.33. The third kappa shape index (κ3) is 3.60. The van der Waals surface area contributed by atoms with Crippen molar-refractivity contribution in [1.82, 2.24) is 14.8 Å². The number of carbonyl (C=O) groups excluding carboxylic acids is 3. The number of ketones is 1. The van der Waals surface area contributed by atoms with Gasteiger partial charge in [0.25, 0.3) is 5.91 Å². The van der Waals surface area contributed by atoms with E-state index in [0.29, 0.717) is 12.1 Å². The Hall–Kier alpha value is -3.19. The summed E-state index contributed by atoms with van der Waals surface area (Å²) in [4.78, 5) is 41.6. The zero-order valence-corrected chi connectivity index (χ0v) is 19.9. The summed E-state index contributed by atoms with van der Waals surface area (Å²) in [6.07, 6.45) is 3.16. The number of aromatic nitrogens is 1. The molecule has 3 amide bonds. The number of aryl methyl sites for hydroxylation is 3. The number of thiophene rings is 1. The number of nitrogens with one attached hydrogen (secondary N) is 1. The summed E-state index contributed by atoms with van der Waals surface area (Å²) in [6.45, 7) is 6.03. The molecule has 0 radical (unpaired) electrons. The van der Waals surface area contributed by atoms with E-state index >= 15 is 0 Å². The molecule has 3 aromatic rings. The molecule has 1 unspecified atom stereocenters. The molecule has 3 heterocycles. The predicted octanol–water partition coefficient (Wildman–Crippen LogP) is 4.35. The Morgan fingerprint density at radius 3 is 2.67 bits per heavy atom. The standard InChI is InChI=1S/C26H27N3O3S/c1-16-12-22(17(2)28(16)14-21-8-5-11-33-21)23(30)15-29-24(31)26(3,27-25(29)32)20-10-9-18-6-4-7-19(18)13-20/h5,8-13H,4,6-7,14-15H2,1-3H3,(H,27,32). The Bertz CT molecular complexity index is 1270. The van der Waals surface area contributed by atoms with Crippen LogP contribution < -0.4 is 5.32 Å². The Morgan fingerprint density at radius 1 is 1.12 bits per heavy atom. The van der Waals surface area contributed by atoms with Crippen molar-refractivity contribution in [2.24, 2.45) is 0 Å². The fraction of sp³-hybridized carbons (Fsp3) is 0.346. The molecule has 6 nitrogen and oxygen atoms in total. The lowest BCUT2D eigenvalue weighted by molar-refractivity contribution is -0.130. The monoisotopic (exact) mass is 461 g/mol. The lowest BCUT2D eigenvalue weighted by Gasteiger charge is -2.23. The fourth-order valence-corrected chi connectivity index (χ4v) is 5.73. The van der Waals surface area contributed by atoms with Crippen molar-refractivity contribution in [3.8, 4) is 0 Å². The Balaban J connectivity index is 1.37. The molecule has 0 saturated carbocycles. The van der Waals surface area contributed by atoms with Crippen molar-refractivity contribution in [3.05, 3.63) is 80.3 Å². The van der Waals surface area contributed by atoms with Crippen molar-refractivity contribution in [3.63, 3.8) is 0 Å². The van der Waals surface area contributed by atoms with Crippen LogP contribution in [0.25, 0.3) is 0 Å². The van der Waals surface area contributed by atoms with Gasteiger partial charge in [-0.25, -0.2) is 4.79 Å². The molecule has 7 heteroatoms. The molecule has 2 aliphatic rings. The lowest BCUT2D eigenvalue weighted by atomic mass is 9.89. The SMILES string of the molecule is Cc1cc(C(=O)CN2C(=O)NC(C)(c3ccc4c(c3)CCC4)C2=O)c(C)n1Cc1cccs1. The van der Waals surface area contributed by atoms with Crippen LogP contribution in [-0.2, 0) is 29.7 Å². The predicted molar refractivity (Wildman–Crippen MR) is 128 cm³/mol. The maximum atomic E-state index is 13.4. The summed E-state index contributed by atoms with van der Waals surface area (Å²) in [6, 6.07) is 11.4. The molecule has 1 saturated heterocycles. The van der Waals surface area contributed by atoms with Gasteiger partial charge in [-0.2, -0.15) is 0 Å². The summed E-state index contributed by atoms with van der Waals surface area (Å²) in [5.41, 5.74) is 4.53. The van der Waals surface area contributed by atoms with Crippen molar-refractivity contribution >= 4 is 29.1 Å². The highest BCUT2D eigenvalue weighted by atomic mass is 32.1. The number of amides is 3. The van der Waals surface area contributed by atoms with Crippen LogP contribution in [0.5, 0.6) is 0 Å². The van der Waals surface area contributed by atoms with Crippen molar-refractivity contribution in [2.45, 2.75) is 52.1 Å². The van der Waals surface area contributed by atoms with Crippen molar-refractivity contribution in [1.29, 1.82) is 0 Å². The first-order valence-corrected chi connectivity index (χ1v) is 12.1. The van der Waals surface area contributed by atoms with Gasteiger partial charge in [-0.15, -0.1) is 11.3 Å². The van der Waals surface area contributed by atoms with Crippen molar-refractivity contribution < 1.29 is 14.4 Å². The normalized spacial score (nSPS) is 19.8. The quantitative estimate of drug-likeness (QED) is 0.438. The minimum Gasteiger partial charge on any atom is -0.343 e. The molecule has 1 aliphatic carbocycles. The number of nitrogens with zero attached hydrogens (tertiary/aromatic N) is 2. The number of hydrogen-bond acceptors (Lipinski definition) is 4. The van der Waals surface area contributed by atoms with Crippen LogP contribution in [0, 0.1) is 13.8 Å². The van der Waals surface area contributed by atoms with E-state index in [4.69, 9.17) is 0 Å². The Labute approximate surface area is 197 Å². The minimum absolute atomic E-state index is 0.234. The maximum Gasteiger partial charge on any atom is 0.325 e. The molecular formula is C26H27N3O3S. The van der Waals surface area contributed by atoms with E-state index in [-0.39, 0.29) is 18.2 Å². The van der Waals surface area contributed by atoms with Gasteiger partial charge in [0, 0.05) is 21.8 Å². The van der Waals surface area contributed by atoms with Gasteiger partial charge in [-0.3, -0.25) is 14.5 Å². The van der Waals surface area contributed by atoms with E-state index in [0.717, 1.165) is 41.1 Å². The number of Topliss-reactive ketones (excluding diaryl/α,β-unsaturated/α-hetero) is 1. The molecule has 1 fully saturated rings. The van der Waals surface area contributed by atoms with E-state index in [9.17, 15) is 14.4 Å². The summed E-state index contributed by atoms with van der Waals surface area (Å²) >= 11 is 1.67. The first-order valence-electron chi connectivity index (χ1n) is 11.3. The highest BCUT2D eigenvalue weighted by molar-refractivity contribution is 7.09. The number of carbonyl (C=O) groups is 3. The van der Waals surface area contributed by atoms with Crippen LogP contribution in [0.1, 0.15) is 56.7 Å². The molecule has 2 aromatic heterocycles. The smallest absolute Gasteiger partial charge is 0.325 e. The molecule has 1 aliphatic heterocycles. The minimum atomic E-state index is -1.16. The van der Waals surface area contributed by atoms with E-state index in [1.165, 1.54) is 16.0 Å². The van der Waals surface area contributed by atoms with Gasteiger partial charge in [0.1, 0.15) is 5.54 Å². The number of benzene rings is 1. The number of imide groups is 1. The second kappa shape index (κ2) is 7.99. The average Bonchev–Trinajstić information content (AvgIpc) is 3.56. The summed E-state index contributed by atoms with van der Waals surface area (Å²) < 4.78 is 2.10. The molecule has 1 atom stereocenters. The van der Waals surface area contributed by atoms with Gasteiger partial charge in [0.2, 0.25) is 0 Å². The van der Waals surface area contributed by atoms with Gasteiger partial charge in [-0.05, 0) is 74.2 Å². The number of hydrogen-bond donors (Lipinski definition) is 1. The van der Waals surface area contributed by atoms with Gasteiger partial charge < -0.3 is 9.88 Å². The van der Waals surface area contributed by atoms with Crippen LogP contribution in [0.15, 0.2) is 41.8 Å². The fourth-order valence-electron chi connectivity index (χ4n) is 5.03. The third-order valence-electron chi connectivity index (χ3n) is 7.02. The first-order chi connectivity index (χ1) is 15.8. The Kier molecular flexibility index (Phi) is 5.24. The van der Waals surface area contributed by atoms with Crippen molar-refractivity contribution in [2.75, 3.05) is 6.54 Å². The van der Waals surface area contributed by atoms with Crippen LogP contribution in [0.4, 0.5) is 4.79 Å². The number of urea groups is 1. The van der Waals surface area contributed by atoms with Gasteiger partial charge in [-0.1, -0.05) is 24.3 Å². The molecule has 0 spiro atoms. The molecule has 33 heavy (non-hydrogen) atoms. The van der Waals surface area contributed by atoms with E-state index in [1.807, 2.05) is 43.5 Å². The second-order valence-corrected chi connectivity index (χ2v) is 10.2. The number of fused-ring (bicyclic) bond motifs is 1. The van der Waals surface area contributed by atoms with E-state index in [1.54, 1.807) is 18.3 Å². The zero-order chi connectivity index (χ0) is 23.3. The third-order valence-corrected chi connectivity index (χ3v) is 7.88. The Morgan fingerprint density at radius 2 is 1.91 bits per heavy atom. The first kappa shape index (κ1) is 21.6. The van der Waals surface area contributed by atoms with Gasteiger partial charge in [0.15, 0.2) is 5.78 Å². The largest absolute Gasteiger partial charge is 0.343 e. The molecule has 170 valence electrons. The van der Waals surface area contributed by atoms with E-state index < -0.39 is 11.6 Å². The molecule has 5 rings (SSSR count). The highest BCUT2D eigenvalue weighted by Gasteiger charge is 2.49. The molecule has 1 N–H and O–H groups in total. The molecule has 1 aromatic carbocycles. The van der Waals surface area contributed by atoms with Crippen LogP contribution >= 0.6 is 11.3 Å². The van der Waals surface area contributed by atoms with Gasteiger partial charge in [0.05, 0.1) is 13.1 Å². The topological polar surface area (TPSA) is 71.4 Å². The van der Waals surface area contributed by atoms with Crippen LogP contribution in [-0.4, -0.2) is 33.7 Å². The summed E-state index contributed by atoms with van der Waals surface area (Å²) in [7, 11) is 0. The van der Waals surface area contributed by atoms with Crippen LogP contribution in [0.3, 0.4) is 0 Å². The average molecular weight is 462 g/mol. The zero-order valence-electron chi connectivity index (χ0n) is 19.1. The molecule has 0 bridgehead atoms. The van der Waals surface area contributed by atoms with Gasteiger partial charge >= 0.3 is 6.03 Å².